The lowest BCUT2D eigenvalue weighted by Gasteiger charge is -2.37. The molecule has 5 nitrogen and oxygen atoms in total. The summed E-state index contributed by atoms with van der Waals surface area (Å²) in [6.07, 6.45) is 0.628. The van der Waals surface area contributed by atoms with Crippen LogP contribution in [0.5, 0.6) is 5.75 Å². The molecule has 1 saturated heterocycles. The minimum atomic E-state index is -0.563. The smallest absolute Gasteiger partial charge is 0.264 e. The number of amides is 1. The van der Waals surface area contributed by atoms with Crippen LogP contribution < -0.4 is 4.74 Å². The van der Waals surface area contributed by atoms with Crippen molar-refractivity contribution in [2.45, 2.75) is 40.2 Å². The molecule has 1 heterocycles. The van der Waals surface area contributed by atoms with Crippen LogP contribution in [-0.4, -0.2) is 54.5 Å². The molecule has 1 aliphatic rings. The third-order valence-electron chi connectivity index (χ3n) is 4.82. The number of nitriles is 1. The zero-order valence-electron chi connectivity index (χ0n) is 16.4. The Morgan fingerprint density at radius 1 is 1.15 bits per heavy atom. The Balaban J connectivity index is 1.98. The van der Waals surface area contributed by atoms with E-state index in [0.717, 1.165) is 32.7 Å². The van der Waals surface area contributed by atoms with Crippen LogP contribution in [0.3, 0.4) is 0 Å². The van der Waals surface area contributed by atoms with Crippen molar-refractivity contribution >= 4 is 5.91 Å². The molecule has 1 aromatic rings. The van der Waals surface area contributed by atoms with E-state index in [9.17, 15) is 10.1 Å². The Hall–Kier alpha value is -2.06. The third-order valence-corrected chi connectivity index (χ3v) is 4.82. The molecule has 1 aliphatic heterocycles. The molecule has 1 aromatic carbocycles. The molecule has 1 unspecified atom stereocenters. The van der Waals surface area contributed by atoms with Crippen molar-refractivity contribution in [1.82, 2.24) is 9.80 Å². The number of hydrogen-bond donors (Lipinski definition) is 0. The van der Waals surface area contributed by atoms with Crippen LogP contribution in [0.2, 0.25) is 0 Å². The molecule has 26 heavy (non-hydrogen) atoms. The van der Waals surface area contributed by atoms with E-state index in [1.807, 2.05) is 24.8 Å². The fourth-order valence-corrected chi connectivity index (χ4v) is 3.08. The molecule has 1 amide bonds. The standard InChI is InChI=1S/C21H31N3O2/c1-16(2)9-10-23-11-13-24(14-12-23)21(25)20(17(3)4)26-19-8-6-5-7-18(19)15-22/h5-8,16-17,20H,9-14H2,1-4H3. The molecule has 0 N–H and O–H groups in total. The second kappa shape index (κ2) is 9.59. The highest BCUT2D eigenvalue weighted by Crippen LogP contribution is 2.22. The number of nitrogens with zero attached hydrogens (tertiary/aromatic N) is 3. The van der Waals surface area contributed by atoms with Gasteiger partial charge in [0, 0.05) is 26.2 Å². The number of hydrogen-bond acceptors (Lipinski definition) is 4. The van der Waals surface area contributed by atoms with Crippen LogP contribution in [0.25, 0.3) is 0 Å². The molecule has 0 radical (unpaired) electrons. The van der Waals surface area contributed by atoms with E-state index in [0.29, 0.717) is 17.2 Å². The number of para-hydroxylation sites is 1. The molecule has 0 aromatic heterocycles. The maximum absolute atomic E-state index is 13.0. The van der Waals surface area contributed by atoms with Crippen LogP contribution in [-0.2, 0) is 4.79 Å². The Morgan fingerprint density at radius 2 is 1.81 bits per heavy atom. The molecule has 1 fully saturated rings. The van der Waals surface area contributed by atoms with Gasteiger partial charge in [-0.1, -0.05) is 39.8 Å². The maximum Gasteiger partial charge on any atom is 0.264 e. The van der Waals surface area contributed by atoms with Crippen molar-refractivity contribution in [1.29, 1.82) is 5.26 Å². The first kappa shape index (κ1) is 20.3. The summed E-state index contributed by atoms with van der Waals surface area (Å²) in [6.45, 7) is 12.8. The highest BCUT2D eigenvalue weighted by Gasteiger charge is 2.31. The van der Waals surface area contributed by atoms with E-state index >= 15 is 0 Å². The van der Waals surface area contributed by atoms with Gasteiger partial charge in [-0.2, -0.15) is 5.26 Å². The topological polar surface area (TPSA) is 56.6 Å². The lowest BCUT2D eigenvalue weighted by molar-refractivity contribution is -0.142. The molecule has 2 rings (SSSR count). The van der Waals surface area contributed by atoms with Crippen molar-refractivity contribution in [2.75, 3.05) is 32.7 Å². The van der Waals surface area contributed by atoms with Gasteiger partial charge in [0.25, 0.3) is 5.91 Å². The Kier molecular flexibility index (Phi) is 7.47. The van der Waals surface area contributed by atoms with Crippen molar-refractivity contribution < 1.29 is 9.53 Å². The van der Waals surface area contributed by atoms with E-state index in [4.69, 9.17) is 4.74 Å². The average molecular weight is 357 g/mol. The van der Waals surface area contributed by atoms with Crippen molar-refractivity contribution in [3.63, 3.8) is 0 Å². The quantitative estimate of drug-likeness (QED) is 0.752. The second-order valence-electron chi connectivity index (χ2n) is 7.74. The lowest BCUT2D eigenvalue weighted by atomic mass is 10.0. The molecule has 5 heteroatoms. The van der Waals surface area contributed by atoms with E-state index in [-0.39, 0.29) is 11.8 Å². The normalized spacial score (nSPS) is 16.6. The molecule has 0 aliphatic carbocycles. The largest absolute Gasteiger partial charge is 0.479 e. The summed E-state index contributed by atoms with van der Waals surface area (Å²) in [5.74, 6) is 1.25. The van der Waals surface area contributed by atoms with Crippen LogP contribution in [0, 0.1) is 23.2 Å². The first-order valence-electron chi connectivity index (χ1n) is 9.59. The average Bonchev–Trinajstić information content (AvgIpc) is 2.64. The van der Waals surface area contributed by atoms with Gasteiger partial charge in [0.1, 0.15) is 11.8 Å². The van der Waals surface area contributed by atoms with E-state index in [1.54, 1.807) is 18.2 Å². The van der Waals surface area contributed by atoms with Gasteiger partial charge in [0.05, 0.1) is 5.56 Å². The van der Waals surface area contributed by atoms with Crippen LogP contribution in [0.1, 0.15) is 39.7 Å². The molecule has 1 atom stereocenters. The molecule has 142 valence electrons. The summed E-state index contributed by atoms with van der Waals surface area (Å²) in [5, 5.41) is 9.25. The van der Waals surface area contributed by atoms with Gasteiger partial charge in [-0.25, -0.2) is 0 Å². The van der Waals surface area contributed by atoms with E-state index < -0.39 is 6.10 Å². The second-order valence-corrected chi connectivity index (χ2v) is 7.74. The Bertz CT molecular complexity index is 628. The number of carbonyl (C=O) groups is 1. The summed E-state index contributed by atoms with van der Waals surface area (Å²) in [6, 6.07) is 9.22. The number of carbonyl (C=O) groups excluding carboxylic acids is 1. The third kappa shape index (κ3) is 5.47. The molecule has 0 bridgehead atoms. The molecular formula is C21H31N3O2. The highest BCUT2D eigenvalue weighted by atomic mass is 16.5. The predicted molar refractivity (Wildman–Crippen MR) is 103 cm³/mol. The predicted octanol–water partition coefficient (Wildman–Crippen LogP) is 3.15. The number of rotatable bonds is 7. The van der Waals surface area contributed by atoms with Gasteiger partial charge in [-0.3, -0.25) is 9.69 Å². The van der Waals surface area contributed by atoms with Crippen LogP contribution in [0.4, 0.5) is 0 Å². The van der Waals surface area contributed by atoms with Crippen LogP contribution >= 0.6 is 0 Å². The Morgan fingerprint density at radius 3 is 2.38 bits per heavy atom. The summed E-state index contributed by atoms with van der Waals surface area (Å²) >= 11 is 0. The number of benzene rings is 1. The van der Waals surface area contributed by atoms with Gasteiger partial charge in [0.15, 0.2) is 6.10 Å². The summed E-state index contributed by atoms with van der Waals surface area (Å²) in [5.41, 5.74) is 0.462. The lowest BCUT2D eigenvalue weighted by Crippen LogP contribution is -2.53. The van der Waals surface area contributed by atoms with Gasteiger partial charge >= 0.3 is 0 Å². The van der Waals surface area contributed by atoms with E-state index in [2.05, 4.69) is 24.8 Å². The zero-order valence-corrected chi connectivity index (χ0v) is 16.4. The summed E-state index contributed by atoms with van der Waals surface area (Å²) < 4.78 is 5.99. The minimum absolute atomic E-state index is 0.0243. The number of piperazine rings is 1. The summed E-state index contributed by atoms with van der Waals surface area (Å²) in [7, 11) is 0. The number of ether oxygens (including phenoxy) is 1. The van der Waals surface area contributed by atoms with Crippen molar-refractivity contribution in [3.05, 3.63) is 29.8 Å². The first-order valence-corrected chi connectivity index (χ1v) is 9.59. The molecule has 0 saturated carbocycles. The first-order chi connectivity index (χ1) is 12.4. The highest BCUT2D eigenvalue weighted by molar-refractivity contribution is 5.81. The van der Waals surface area contributed by atoms with Crippen LogP contribution in [0.15, 0.2) is 24.3 Å². The summed E-state index contributed by atoms with van der Waals surface area (Å²) in [4.78, 5) is 17.4. The van der Waals surface area contributed by atoms with E-state index in [1.165, 1.54) is 6.42 Å². The van der Waals surface area contributed by atoms with Gasteiger partial charge in [0.2, 0.25) is 0 Å². The van der Waals surface area contributed by atoms with Gasteiger partial charge < -0.3 is 9.64 Å². The monoisotopic (exact) mass is 357 g/mol. The fraction of sp³-hybridized carbons (Fsp3) is 0.619. The van der Waals surface area contributed by atoms with Gasteiger partial charge in [-0.15, -0.1) is 0 Å². The zero-order chi connectivity index (χ0) is 19.1. The van der Waals surface area contributed by atoms with Gasteiger partial charge in [-0.05, 0) is 36.9 Å². The fourth-order valence-electron chi connectivity index (χ4n) is 3.08. The molecule has 0 spiro atoms. The molecular weight excluding hydrogens is 326 g/mol. The Labute approximate surface area is 157 Å². The van der Waals surface area contributed by atoms with Crippen molar-refractivity contribution in [3.8, 4) is 11.8 Å². The SMILES string of the molecule is CC(C)CCN1CCN(C(=O)C(Oc2ccccc2C#N)C(C)C)CC1. The maximum atomic E-state index is 13.0. The minimum Gasteiger partial charge on any atom is -0.479 e. The van der Waals surface area contributed by atoms with Crippen molar-refractivity contribution in [2.24, 2.45) is 11.8 Å².